The lowest BCUT2D eigenvalue weighted by Crippen LogP contribution is -2.29. The van der Waals surface area contributed by atoms with Crippen LogP contribution < -0.4 is 9.47 Å². The van der Waals surface area contributed by atoms with Crippen molar-refractivity contribution in [2.45, 2.75) is 18.9 Å². The van der Waals surface area contributed by atoms with Crippen molar-refractivity contribution in [1.82, 2.24) is 14.3 Å². The second kappa shape index (κ2) is 7.14. The highest BCUT2D eigenvalue weighted by molar-refractivity contribution is 7.15. The summed E-state index contributed by atoms with van der Waals surface area (Å²) in [6, 6.07) is 5.99. The molecule has 8 heteroatoms. The van der Waals surface area contributed by atoms with E-state index in [1.165, 1.54) is 11.3 Å². The zero-order chi connectivity index (χ0) is 19.1. The smallest absolute Gasteiger partial charge is 0.247 e. The van der Waals surface area contributed by atoms with Gasteiger partial charge in [0.15, 0.2) is 21.6 Å². The normalized spacial score (nSPS) is 19.0. The molecule has 1 aromatic carbocycles. The molecule has 5 rings (SSSR count). The van der Waals surface area contributed by atoms with Crippen molar-refractivity contribution in [3.05, 3.63) is 52.3 Å². The number of imidazole rings is 1. The molecule has 6 nitrogen and oxygen atoms in total. The Kier molecular flexibility index (Phi) is 4.49. The quantitative estimate of drug-likeness (QED) is 0.601. The number of likely N-dealkylation sites (tertiary alicyclic amines) is 1. The fraction of sp³-hybridized carbons (Fsp3) is 0.300. The lowest BCUT2D eigenvalue weighted by atomic mass is 10.0. The van der Waals surface area contributed by atoms with Crippen LogP contribution in [-0.4, -0.2) is 40.0 Å². The first kappa shape index (κ1) is 17.6. The van der Waals surface area contributed by atoms with Crippen molar-refractivity contribution in [3.63, 3.8) is 0 Å². The molecule has 1 fully saturated rings. The van der Waals surface area contributed by atoms with Gasteiger partial charge in [-0.2, -0.15) is 0 Å². The van der Waals surface area contributed by atoms with Gasteiger partial charge in [0.1, 0.15) is 13.2 Å². The first-order valence-corrected chi connectivity index (χ1v) is 10.5. The molecule has 0 N–H and O–H groups in total. The number of halogens is 1. The molecule has 1 unspecified atom stereocenters. The molecule has 0 saturated carbocycles. The van der Waals surface area contributed by atoms with Gasteiger partial charge in [-0.25, -0.2) is 4.98 Å². The molecule has 144 valence electrons. The van der Waals surface area contributed by atoms with E-state index in [2.05, 4.69) is 4.98 Å². The Morgan fingerprint density at radius 2 is 2.14 bits per heavy atom. The van der Waals surface area contributed by atoms with Crippen LogP contribution in [0, 0.1) is 0 Å². The summed E-state index contributed by atoms with van der Waals surface area (Å²) >= 11 is 7.72. The second-order valence-electron chi connectivity index (χ2n) is 6.77. The highest BCUT2D eigenvalue weighted by Gasteiger charge is 2.30. The summed E-state index contributed by atoms with van der Waals surface area (Å²) in [6.07, 6.45) is 7.14. The summed E-state index contributed by atoms with van der Waals surface area (Å²) in [5, 5.41) is 2.34. The van der Waals surface area contributed by atoms with Crippen LogP contribution in [0.4, 0.5) is 0 Å². The second-order valence-corrected chi connectivity index (χ2v) is 8.00. The molecule has 0 spiro atoms. The van der Waals surface area contributed by atoms with Gasteiger partial charge in [-0.15, -0.1) is 11.3 Å². The Labute approximate surface area is 171 Å². The summed E-state index contributed by atoms with van der Waals surface area (Å²) in [6.45, 7) is 1.85. The van der Waals surface area contributed by atoms with E-state index >= 15 is 0 Å². The summed E-state index contributed by atoms with van der Waals surface area (Å²) in [4.78, 5) is 19.9. The van der Waals surface area contributed by atoms with Crippen LogP contribution in [0.5, 0.6) is 11.5 Å². The van der Waals surface area contributed by atoms with Crippen LogP contribution in [0.25, 0.3) is 11.0 Å². The van der Waals surface area contributed by atoms with Gasteiger partial charge in [0, 0.05) is 24.2 Å². The van der Waals surface area contributed by atoms with Gasteiger partial charge in [-0.1, -0.05) is 17.7 Å². The molecular weight excluding hydrogens is 398 g/mol. The molecule has 0 bridgehead atoms. The van der Waals surface area contributed by atoms with Gasteiger partial charge in [-0.05, 0) is 36.6 Å². The lowest BCUT2D eigenvalue weighted by molar-refractivity contribution is -0.126. The van der Waals surface area contributed by atoms with Crippen molar-refractivity contribution < 1.29 is 14.3 Å². The van der Waals surface area contributed by atoms with Crippen LogP contribution in [0.1, 0.15) is 30.1 Å². The van der Waals surface area contributed by atoms with E-state index in [0.717, 1.165) is 47.1 Å². The molecule has 2 aliphatic rings. The van der Waals surface area contributed by atoms with Crippen LogP contribution in [-0.2, 0) is 4.79 Å². The summed E-state index contributed by atoms with van der Waals surface area (Å²) in [7, 11) is 0. The number of fused-ring (bicyclic) bond motifs is 2. The average Bonchev–Trinajstić information content (AvgIpc) is 3.42. The third-order valence-electron chi connectivity index (χ3n) is 5.12. The molecule has 0 radical (unpaired) electrons. The molecule has 0 aliphatic carbocycles. The third-order valence-corrected chi connectivity index (χ3v) is 6.16. The first-order chi connectivity index (χ1) is 13.7. The van der Waals surface area contributed by atoms with Crippen LogP contribution in [0.3, 0.4) is 0 Å². The van der Waals surface area contributed by atoms with Crippen molar-refractivity contribution in [2.75, 3.05) is 19.8 Å². The topological polar surface area (TPSA) is 56.1 Å². The van der Waals surface area contributed by atoms with E-state index in [0.29, 0.717) is 18.4 Å². The molecule has 1 amide bonds. The van der Waals surface area contributed by atoms with Crippen LogP contribution in [0.15, 0.2) is 35.9 Å². The number of carbonyl (C=O) groups excluding carboxylic acids is 1. The minimum Gasteiger partial charge on any atom is -0.486 e. The molecule has 4 heterocycles. The van der Waals surface area contributed by atoms with Gasteiger partial charge < -0.3 is 14.4 Å². The molecule has 2 aromatic heterocycles. The van der Waals surface area contributed by atoms with E-state index in [1.807, 2.05) is 39.1 Å². The predicted molar refractivity (Wildman–Crippen MR) is 108 cm³/mol. The minimum atomic E-state index is -0.0290. The van der Waals surface area contributed by atoms with Crippen molar-refractivity contribution in [3.8, 4) is 11.5 Å². The Hall–Kier alpha value is -2.51. The van der Waals surface area contributed by atoms with Crippen molar-refractivity contribution in [2.24, 2.45) is 0 Å². The van der Waals surface area contributed by atoms with E-state index in [1.54, 1.807) is 12.2 Å². The Morgan fingerprint density at radius 3 is 3.04 bits per heavy atom. The zero-order valence-electron chi connectivity index (χ0n) is 15.0. The van der Waals surface area contributed by atoms with Gasteiger partial charge in [0.05, 0.1) is 11.7 Å². The van der Waals surface area contributed by atoms with E-state index in [9.17, 15) is 4.79 Å². The fourth-order valence-corrected chi connectivity index (χ4v) is 4.82. The van der Waals surface area contributed by atoms with Gasteiger partial charge >= 0.3 is 0 Å². The number of hydrogen-bond acceptors (Lipinski definition) is 5. The largest absolute Gasteiger partial charge is 0.486 e. The monoisotopic (exact) mass is 415 g/mol. The number of hydrogen-bond donors (Lipinski definition) is 0. The number of ether oxygens (including phenoxy) is 2. The van der Waals surface area contributed by atoms with E-state index in [-0.39, 0.29) is 11.9 Å². The highest BCUT2D eigenvalue weighted by atomic mass is 35.5. The maximum atomic E-state index is 12.9. The number of amides is 1. The number of nitrogens with zero attached hydrogens (tertiary/aromatic N) is 3. The third kappa shape index (κ3) is 3.04. The maximum Gasteiger partial charge on any atom is 0.247 e. The Bertz CT molecular complexity index is 1070. The maximum absolute atomic E-state index is 12.9. The Morgan fingerprint density at radius 1 is 1.29 bits per heavy atom. The fourth-order valence-electron chi connectivity index (χ4n) is 3.82. The van der Waals surface area contributed by atoms with Gasteiger partial charge in [-0.3, -0.25) is 9.20 Å². The number of carbonyl (C=O) groups is 1. The van der Waals surface area contributed by atoms with Crippen molar-refractivity contribution >= 4 is 39.9 Å². The minimum absolute atomic E-state index is 0.0290. The molecule has 1 atom stereocenters. The van der Waals surface area contributed by atoms with Gasteiger partial charge in [0.2, 0.25) is 5.91 Å². The number of aromatic nitrogens is 2. The predicted octanol–water partition coefficient (Wildman–Crippen LogP) is 4.20. The summed E-state index contributed by atoms with van der Waals surface area (Å²) < 4.78 is 13.2. The first-order valence-electron chi connectivity index (χ1n) is 9.20. The Balaban J connectivity index is 1.38. The summed E-state index contributed by atoms with van der Waals surface area (Å²) in [5.74, 6) is 1.49. The molecule has 3 aromatic rings. The SMILES string of the molecule is O=C(/C=C/c1c(Cl)nc2sccn12)N1CCCC1c1ccc2c(c1)OCCO2. The average molecular weight is 416 g/mol. The molecule has 28 heavy (non-hydrogen) atoms. The molecule has 1 saturated heterocycles. The van der Waals surface area contributed by atoms with Gasteiger partial charge in [0.25, 0.3) is 0 Å². The highest BCUT2D eigenvalue weighted by Crippen LogP contribution is 2.38. The summed E-state index contributed by atoms with van der Waals surface area (Å²) in [5.41, 5.74) is 1.80. The molecular formula is C20H18ClN3O3S. The van der Waals surface area contributed by atoms with Crippen molar-refractivity contribution in [1.29, 1.82) is 0 Å². The standard InChI is InChI=1S/C20H18ClN3O3S/c21-19-15(24-8-11-28-20(24)22-19)4-6-18(25)23-7-1-2-14(23)13-3-5-16-17(12-13)27-10-9-26-16/h3-6,8,11-12,14H,1-2,7,9-10H2/b6-4+. The lowest BCUT2D eigenvalue weighted by Gasteiger charge is -2.26. The van der Waals surface area contributed by atoms with E-state index < -0.39 is 0 Å². The van der Waals surface area contributed by atoms with Crippen LogP contribution >= 0.6 is 22.9 Å². The number of rotatable bonds is 3. The zero-order valence-corrected chi connectivity index (χ0v) is 16.6. The van der Waals surface area contributed by atoms with Crippen LogP contribution in [0.2, 0.25) is 5.15 Å². The number of benzene rings is 1. The molecule has 2 aliphatic heterocycles. The number of thiazole rings is 1. The van der Waals surface area contributed by atoms with E-state index in [4.69, 9.17) is 21.1 Å².